The van der Waals surface area contributed by atoms with E-state index in [1.165, 1.54) is 0 Å². The molecule has 21 heavy (non-hydrogen) atoms. The minimum Gasteiger partial charge on any atom is -0.382 e. The lowest BCUT2D eigenvalue weighted by atomic mass is 10.3. The first kappa shape index (κ1) is 14.6. The van der Waals surface area contributed by atoms with E-state index >= 15 is 0 Å². The number of hydrogen-bond acceptors (Lipinski definition) is 5. The number of nitrogen functional groups attached to an aromatic ring is 1. The fraction of sp³-hybridized carbons (Fsp3) is 0.308. The average Bonchev–Trinajstić information content (AvgIpc) is 2.79. The first-order valence-electron chi connectivity index (χ1n) is 6.60. The number of rotatable bonds is 5. The summed E-state index contributed by atoms with van der Waals surface area (Å²) in [6.45, 7) is 4.35. The van der Waals surface area contributed by atoms with Crippen molar-refractivity contribution in [2.24, 2.45) is 0 Å². The highest BCUT2D eigenvalue weighted by atomic mass is 16.2. The Morgan fingerprint density at radius 3 is 2.76 bits per heavy atom. The van der Waals surface area contributed by atoms with Crippen LogP contribution in [0.2, 0.25) is 0 Å². The molecule has 0 saturated heterocycles. The van der Waals surface area contributed by atoms with Crippen molar-refractivity contribution in [2.75, 3.05) is 16.4 Å². The molecule has 2 amide bonds. The summed E-state index contributed by atoms with van der Waals surface area (Å²) in [5.41, 5.74) is 7.32. The maximum Gasteiger partial charge on any atom is 0.320 e. The molecule has 0 spiro atoms. The van der Waals surface area contributed by atoms with Gasteiger partial charge in [0.15, 0.2) is 5.82 Å². The van der Waals surface area contributed by atoms with Crippen LogP contribution < -0.4 is 21.7 Å². The monoisotopic (exact) mass is 289 g/mol. The molecule has 6 N–H and O–H groups in total. The molecule has 0 unspecified atom stereocenters. The van der Waals surface area contributed by atoms with Gasteiger partial charge in [-0.15, -0.1) is 0 Å². The predicted molar refractivity (Wildman–Crippen MR) is 81.9 cm³/mol. The SMILES string of the molecule is CC(C)Nc1c(NC(=O)NCc2ccncc2)n[nH]c1N. The van der Waals surface area contributed by atoms with E-state index in [0.717, 1.165) is 5.56 Å². The molecular weight excluding hydrogens is 270 g/mol. The number of nitrogens with two attached hydrogens (primary N) is 1. The molecule has 0 radical (unpaired) electrons. The summed E-state index contributed by atoms with van der Waals surface area (Å²) in [7, 11) is 0. The third-order valence-electron chi connectivity index (χ3n) is 2.66. The highest BCUT2D eigenvalue weighted by molar-refractivity contribution is 5.93. The molecule has 2 aromatic heterocycles. The van der Waals surface area contributed by atoms with Crippen LogP contribution in [-0.2, 0) is 6.54 Å². The van der Waals surface area contributed by atoms with Crippen LogP contribution in [0.25, 0.3) is 0 Å². The van der Waals surface area contributed by atoms with Crippen LogP contribution in [-0.4, -0.2) is 27.3 Å². The molecule has 0 aliphatic rings. The van der Waals surface area contributed by atoms with Crippen molar-refractivity contribution in [1.29, 1.82) is 0 Å². The molecule has 2 rings (SSSR count). The Morgan fingerprint density at radius 2 is 2.10 bits per heavy atom. The number of aromatic nitrogens is 3. The van der Waals surface area contributed by atoms with Gasteiger partial charge >= 0.3 is 6.03 Å². The van der Waals surface area contributed by atoms with Crippen molar-refractivity contribution >= 4 is 23.4 Å². The number of urea groups is 1. The van der Waals surface area contributed by atoms with E-state index in [9.17, 15) is 4.79 Å². The zero-order chi connectivity index (χ0) is 15.2. The van der Waals surface area contributed by atoms with Gasteiger partial charge in [-0.1, -0.05) is 0 Å². The second kappa shape index (κ2) is 6.60. The second-order valence-corrected chi connectivity index (χ2v) is 4.82. The fourth-order valence-corrected chi connectivity index (χ4v) is 1.72. The summed E-state index contributed by atoms with van der Waals surface area (Å²) >= 11 is 0. The number of H-pyrrole nitrogens is 1. The third kappa shape index (κ3) is 4.10. The topological polar surface area (TPSA) is 121 Å². The molecule has 8 heteroatoms. The predicted octanol–water partition coefficient (Wildman–Crippen LogP) is 1.53. The van der Waals surface area contributed by atoms with Gasteiger partial charge in [0.2, 0.25) is 0 Å². The molecule has 0 aliphatic heterocycles. The smallest absolute Gasteiger partial charge is 0.320 e. The van der Waals surface area contributed by atoms with Crippen LogP contribution >= 0.6 is 0 Å². The summed E-state index contributed by atoms with van der Waals surface area (Å²) < 4.78 is 0. The average molecular weight is 289 g/mol. The van der Waals surface area contributed by atoms with Gasteiger partial charge in [0.25, 0.3) is 0 Å². The van der Waals surface area contributed by atoms with Gasteiger partial charge in [-0.3, -0.25) is 15.4 Å². The highest BCUT2D eigenvalue weighted by Crippen LogP contribution is 2.25. The number of nitrogens with one attached hydrogen (secondary N) is 4. The van der Waals surface area contributed by atoms with E-state index in [-0.39, 0.29) is 12.1 Å². The third-order valence-corrected chi connectivity index (χ3v) is 2.66. The van der Waals surface area contributed by atoms with Gasteiger partial charge in [-0.2, -0.15) is 5.10 Å². The molecule has 0 aliphatic carbocycles. The number of anilines is 3. The maximum absolute atomic E-state index is 11.9. The van der Waals surface area contributed by atoms with E-state index in [1.54, 1.807) is 12.4 Å². The summed E-state index contributed by atoms with van der Waals surface area (Å²) in [6.07, 6.45) is 3.35. The van der Waals surface area contributed by atoms with Gasteiger partial charge < -0.3 is 16.4 Å². The quantitative estimate of drug-likeness (QED) is 0.571. The Morgan fingerprint density at radius 1 is 1.38 bits per heavy atom. The number of nitrogens with zero attached hydrogens (tertiary/aromatic N) is 2. The molecule has 8 nitrogen and oxygen atoms in total. The van der Waals surface area contributed by atoms with Gasteiger partial charge in [0.1, 0.15) is 11.5 Å². The van der Waals surface area contributed by atoms with Crippen LogP contribution in [0.3, 0.4) is 0 Å². The Labute approximate surface area is 122 Å². The van der Waals surface area contributed by atoms with Gasteiger partial charge in [0.05, 0.1) is 0 Å². The largest absolute Gasteiger partial charge is 0.382 e. The lowest BCUT2D eigenvalue weighted by molar-refractivity contribution is 0.251. The number of amides is 2. The fourth-order valence-electron chi connectivity index (χ4n) is 1.72. The lowest BCUT2D eigenvalue weighted by Crippen LogP contribution is -2.28. The van der Waals surface area contributed by atoms with Crippen molar-refractivity contribution in [1.82, 2.24) is 20.5 Å². The summed E-state index contributed by atoms with van der Waals surface area (Å²) in [5, 5.41) is 15.1. The van der Waals surface area contributed by atoms with Crippen molar-refractivity contribution in [3.05, 3.63) is 30.1 Å². The number of carbonyl (C=O) groups is 1. The zero-order valence-electron chi connectivity index (χ0n) is 12.0. The van der Waals surface area contributed by atoms with Gasteiger partial charge in [0, 0.05) is 25.0 Å². The summed E-state index contributed by atoms with van der Waals surface area (Å²) in [5.74, 6) is 0.751. The number of aromatic amines is 1. The standard InChI is InChI=1S/C13H19N7O/c1-8(2)17-10-11(14)19-20-12(10)18-13(21)16-7-9-3-5-15-6-4-9/h3-6,8,17H,7H2,1-2H3,(H5,14,16,18,19,20,21). The van der Waals surface area contributed by atoms with Crippen molar-refractivity contribution in [2.45, 2.75) is 26.4 Å². The van der Waals surface area contributed by atoms with Gasteiger partial charge in [-0.05, 0) is 31.5 Å². The molecule has 0 bridgehead atoms. The van der Waals surface area contributed by atoms with Crippen LogP contribution in [0.15, 0.2) is 24.5 Å². The summed E-state index contributed by atoms with van der Waals surface area (Å²) in [4.78, 5) is 15.8. The van der Waals surface area contributed by atoms with E-state index < -0.39 is 0 Å². The van der Waals surface area contributed by atoms with E-state index in [0.29, 0.717) is 23.9 Å². The normalized spacial score (nSPS) is 10.4. The molecule has 0 aromatic carbocycles. The Balaban J connectivity index is 1.94. The van der Waals surface area contributed by atoms with Gasteiger partial charge in [-0.25, -0.2) is 4.79 Å². The van der Waals surface area contributed by atoms with E-state index in [2.05, 4.69) is 31.1 Å². The lowest BCUT2D eigenvalue weighted by Gasteiger charge is -2.11. The first-order chi connectivity index (χ1) is 10.1. The Bertz CT molecular complexity index is 594. The first-order valence-corrected chi connectivity index (χ1v) is 6.60. The molecule has 0 saturated carbocycles. The van der Waals surface area contributed by atoms with Crippen LogP contribution in [0, 0.1) is 0 Å². The van der Waals surface area contributed by atoms with Crippen molar-refractivity contribution in [3.8, 4) is 0 Å². The van der Waals surface area contributed by atoms with Crippen LogP contribution in [0.4, 0.5) is 22.1 Å². The zero-order valence-corrected chi connectivity index (χ0v) is 12.0. The van der Waals surface area contributed by atoms with Crippen LogP contribution in [0.1, 0.15) is 19.4 Å². The number of hydrogen-bond donors (Lipinski definition) is 5. The van der Waals surface area contributed by atoms with E-state index in [1.807, 2.05) is 26.0 Å². The molecule has 0 fully saturated rings. The minimum absolute atomic E-state index is 0.172. The second-order valence-electron chi connectivity index (χ2n) is 4.82. The number of carbonyl (C=O) groups excluding carboxylic acids is 1. The molecule has 2 heterocycles. The maximum atomic E-state index is 11.9. The van der Waals surface area contributed by atoms with Crippen LogP contribution in [0.5, 0.6) is 0 Å². The summed E-state index contributed by atoms with van der Waals surface area (Å²) in [6, 6.07) is 3.48. The molecule has 0 atom stereocenters. The Kier molecular flexibility index (Phi) is 4.60. The van der Waals surface area contributed by atoms with E-state index in [4.69, 9.17) is 5.73 Å². The van der Waals surface area contributed by atoms with Crippen molar-refractivity contribution in [3.63, 3.8) is 0 Å². The molecule has 2 aromatic rings. The number of pyridine rings is 1. The Hall–Kier alpha value is -2.77. The molecular formula is C13H19N7O. The molecule has 112 valence electrons. The highest BCUT2D eigenvalue weighted by Gasteiger charge is 2.14. The minimum atomic E-state index is -0.356. The van der Waals surface area contributed by atoms with Crippen molar-refractivity contribution < 1.29 is 4.79 Å².